The van der Waals surface area contributed by atoms with Gasteiger partial charge in [-0.25, -0.2) is 0 Å². The highest BCUT2D eigenvalue weighted by Gasteiger charge is 2.15. The summed E-state index contributed by atoms with van der Waals surface area (Å²) in [7, 11) is 0. The zero-order valence-corrected chi connectivity index (χ0v) is 16.2. The molecular formula is C24H16N4O3. The van der Waals surface area contributed by atoms with E-state index in [4.69, 9.17) is 8.83 Å². The van der Waals surface area contributed by atoms with Gasteiger partial charge in [-0.3, -0.25) is 15.1 Å². The van der Waals surface area contributed by atoms with Crippen molar-refractivity contribution in [2.45, 2.75) is 0 Å². The highest BCUT2D eigenvalue weighted by Crippen LogP contribution is 2.25. The van der Waals surface area contributed by atoms with E-state index in [1.807, 2.05) is 42.5 Å². The van der Waals surface area contributed by atoms with Gasteiger partial charge in [0, 0.05) is 18.0 Å². The fourth-order valence-corrected chi connectivity index (χ4v) is 3.15. The molecular weight excluding hydrogens is 392 g/mol. The summed E-state index contributed by atoms with van der Waals surface area (Å²) in [6.45, 7) is 0. The molecule has 0 radical (unpaired) electrons. The molecule has 0 unspecified atom stereocenters. The minimum Gasteiger partial charge on any atom is -0.459 e. The lowest BCUT2D eigenvalue weighted by Gasteiger charge is -2.06. The molecule has 0 saturated heterocycles. The van der Waals surface area contributed by atoms with Gasteiger partial charge in [0.1, 0.15) is 0 Å². The molecule has 150 valence electrons. The molecule has 7 heteroatoms. The quantitative estimate of drug-likeness (QED) is 0.423. The molecule has 3 aromatic heterocycles. The number of anilines is 1. The Hall–Kier alpha value is -4.52. The summed E-state index contributed by atoms with van der Waals surface area (Å²) in [4.78, 5) is 16.8. The molecule has 5 aromatic rings. The summed E-state index contributed by atoms with van der Waals surface area (Å²) < 4.78 is 10.6. The first kappa shape index (κ1) is 18.5. The molecule has 0 aliphatic rings. The van der Waals surface area contributed by atoms with Crippen LogP contribution in [0.5, 0.6) is 0 Å². The number of hydrogen-bond donors (Lipinski definition) is 1. The van der Waals surface area contributed by atoms with Crippen LogP contribution in [0.3, 0.4) is 0 Å². The minimum atomic E-state index is -0.398. The van der Waals surface area contributed by atoms with Gasteiger partial charge in [-0.2, -0.15) is 0 Å². The lowest BCUT2D eigenvalue weighted by Crippen LogP contribution is -2.12. The average molecular weight is 408 g/mol. The third-order valence-electron chi connectivity index (χ3n) is 4.70. The zero-order valence-electron chi connectivity index (χ0n) is 16.2. The molecule has 0 aliphatic carbocycles. The summed E-state index contributed by atoms with van der Waals surface area (Å²) in [6.07, 6.45) is 4.71. The van der Waals surface area contributed by atoms with Gasteiger partial charge in [-0.1, -0.05) is 59.7 Å². The third-order valence-corrected chi connectivity index (χ3v) is 4.70. The number of carbonyl (C=O) groups is 1. The normalized spacial score (nSPS) is 10.7. The Morgan fingerprint density at radius 1 is 0.774 bits per heavy atom. The lowest BCUT2D eigenvalue weighted by molar-refractivity contribution is 0.102. The van der Waals surface area contributed by atoms with E-state index >= 15 is 0 Å². The molecule has 0 aliphatic heterocycles. The van der Waals surface area contributed by atoms with Gasteiger partial charge in [0.15, 0.2) is 5.76 Å². The summed E-state index contributed by atoms with van der Waals surface area (Å²) in [5.41, 5.74) is 4.43. The molecule has 0 spiro atoms. The highest BCUT2D eigenvalue weighted by atomic mass is 16.4. The standard InChI is InChI=1S/C24H16N4O3/c29-22(26-24-28-27-23(31-24)21-7-4-12-30-21)20-13-19(14-25-15-20)18-10-8-17(9-11-18)16-5-2-1-3-6-16/h1-15H,(H,26,28,29). The summed E-state index contributed by atoms with van der Waals surface area (Å²) in [5, 5.41) is 10.3. The molecule has 7 nitrogen and oxygen atoms in total. The van der Waals surface area contributed by atoms with Crippen LogP contribution in [0, 0.1) is 0 Å². The van der Waals surface area contributed by atoms with Crippen LogP contribution >= 0.6 is 0 Å². The van der Waals surface area contributed by atoms with E-state index < -0.39 is 5.91 Å². The van der Waals surface area contributed by atoms with Crippen molar-refractivity contribution >= 4 is 11.9 Å². The Labute approximate surface area is 177 Å². The fourth-order valence-electron chi connectivity index (χ4n) is 3.15. The fraction of sp³-hybridized carbons (Fsp3) is 0. The molecule has 0 atom stereocenters. The van der Waals surface area contributed by atoms with Crippen LogP contribution in [0.2, 0.25) is 0 Å². The van der Waals surface area contributed by atoms with Crippen molar-refractivity contribution < 1.29 is 13.6 Å². The number of rotatable bonds is 5. The van der Waals surface area contributed by atoms with Gasteiger partial charge in [0.2, 0.25) is 0 Å². The van der Waals surface area contributed by atoms with E-state index in [0.717, 1.165) is 22.3 Å². The summed E-state index contributed by atoms with van der Waals surface area (Å²) >= 11 is 0. The molecule has 2 aromatic carbocycles. The van der Waals surface area contributed by atoms with Crippen LogP contribution in [0.4, 0.5) is 6.01 Å². The van der Waals surface area contributed by atoms with Crippen LogP contribution < -0.4 is 5.32 Å². The van der Waals surface area contributed by atoms with Crippen LogP contribution in [0.15, 0.2) is 100 Å². The first-order chi connectivity index (χ1) is 15.3. The second-order valence-electron chi connectivity index (χ2n) is 6.75. The highest BCUT2D eigenvalue weighted by molar-refractivity contribution is 6.03. The molecule has 5 rings (SSSR count). The van der Waals surface area contributed by atoms with E-state index in [2.05, 4.69) is 32.6 Å². The third kappa shape index (κ3) is 3.97. The van der Waals surface area contributed by atoms with Crippen molar-refractivity contribution in [1.82, 2.24) is 15.2 Å². The van der Waals surface area contributed by atoms with E-state index in [1.165, 1.54) is 12.5 Å². The monoisotopic (exact) mass is 408 g/mol. The van der Waals surface area contributed by atoms with Gasteiger partial charge >= 0.3 is 6.01 Å². The predicted molar refractivity (Wildman–Crippen MR) is 115 cm³/mol. The molecule has 1 N–H and O–H groups in total. The Bertz CT molecular complexity index is 1310. The van der Waals surface area contributed by atoms with Gasteiger partial charge in [-0.15, -0.1) is 5.10 Å². The van der Waals surface area contributed by atoms with Crippen molar-refractivity contribution in [3.05, 3.63) is 97.0 Å². The second kappa shape index (κ2) is 8.08. The maximum Gasteiger partial charge on any atom is 0.322 e. The lowest BCUT2D eigenvalue weighted by atomic mass is 10.0. The summed E-state index contributed by atoms with van der Waals surface area (Å²) in [5.74, 6) is 0.214. The Morgan fingerprint density at radius 3 is 2.26 bits per heavy atom. The Morgan fingerprint density at radius 2 is 1.52 bits per heavy atom. The van der Waals surface area contributed by atoms with Crippen molar-refractivity contribution in [3.8, 4) is 33.9 Å². The van der Waals surface area contributed by atoms with E-state index in [0.29, 0.717) is 11.3 Å². The molecule has 1 amide bonds. The zero-order chi connectivity index (χ0) is 21.0. The maximum atomic E-state index is 12.6. The topological polar surface area (TPSA) is 94.1 Å². The number of carbonyl (C=O) groups excluding carboxylic acids is 1. The van der Waals surface area contributed by atoms with Crippen molar-refractivity contribution in [1.29, 1.82) is 0 Å². The first-order valence-electron chi connectivity index (χ1n) is 9.56. The van der Waals surface area contributed by atoms with Crippen molar-refractivity contribution in [2.75, 3.05) is 5.32 Å². The number of hydrogen-bond acceptors (Lipinski definition) is 6. The van der Waals surface area contributed by atoms with Gasteiger partial charge < -0.3 is 8.83 Å². The largest absolute Gasteiger partial charge is 0.459 e. The SMILES string of the molecule is O=C(Nc1nnc(-c2ccco2)o1)c1cncc(-c2ccc(-c3ccccc3)cc2)c1. The Balaban J connectivity index is 1.33. The van der Waals surface area contributed by atoms with Crippen LogP contribution in [-0.2, 0) is 0 Å². The van der Waals surface area contributed by atoms with Gasteiger partial charge in [-0.05, 0) is 34.9 Å². The number of amides is 1. The van der Waals surface area contributed by atoms with Crippen molar-refractivity contribution in [3.63, 3.8) is 0 Å². The average Bonchev–Trinajstić information content (AvgIpc) is 3.52. The van der Waals surface area contributed by atoms with Crippen LogP contribution in [0.25, 0.3) is 33.9 Å². The van der Waals surface area contributed by atoms with Crippen LogP contribution in [0.1, 0.15) is 10.4 Å². The number of furan rings is 1. The maximum absolute atomic E-state index is 12.6. The molecule has 31 heavy (non-hydrogen) atoms. The number of nitrogens with zero attached hydrogens (tertiary/aromatic N) is 3. The molecule has 0 bridgehead atoms. The Kier molecular flexibility index (Phi) is 4.82. The predicted octanol–water partition coefficient (Wildman–Crippen LogP) is 5.31. The van der Waals surface area contributed by atoms with E-state index in [1.54, 1.807) is 24.4 Å². The first-order valence-corrected chi connectivity index (χ1v) is 9.56. The molecule has 0 saturated carbocycles. The van der Waals surface area contributed by atoms with E-state index in [-0.39, 0.29) is 11.9 Å². The van der Waals surface area contributed by atoms with Gasteiger partial charge in [0.05, 0.1) is 11.8 Å². The minimum absolute atomic E-state index is 0.0194. The second-order valence-corrected chi connectivity index (χ2v) is 6.75. The molecule has 0 fully saturated rings. The number of pyridine rings is 1. The smallest absolute Gasteiger partial charge is 0.322 e. The van der Waals surface area contributed by atoms with Crippen molar-refractivity contribution in [2.24, 2.45) is 0 Å². The summed E-state index contributed by atoms with van der Waals surface area (Å²) in [6, 6.07) is 23.4. The number of aromatic nitrogens is 3. The molecule has 3 heterocycles. The van der Waals surface area contributed by atoms with Crippen LogP contribution in [-0.4, -0.2) is 21.1 Å². The number of benzene rings is 2. The van der Waals surface area contributed by atoms with E-state index in [9.17, 15) is 4.79 Å². The number of nitrogens with one attached hydrogen (secondary N) is 1. The van der Waals surface area contributed by atoms with Gasteiger partial charge in [0.25, 0.3) is 11.8 Å².